The van der Waals surface area contributed by atoms with E-state index in [1.54, 1.807) is 49.5 Å². The maximum Gasteiger partial charge on any atom is 0.261 e. The molecule has 3 rings (SSSR count). The summed E-state index contributed by atoms with van der Waals surface area (Å²) in [6.45, 7) is 3.83. The van der Waals surface area contributed by atoms with Gasteiger partial charge in [0.15, 0.2) is 0 Å². The number of rotatable bonds is 7. The summed E-state index contributed by atoms with van der Waals surface area (Å²) in [4.78, 5) is 16.8. The lowest BCUT2D eigenvalue weighted by molar-refractivity contribution is 0.0950. The van der Waals surface area contributed by atoms with Gasteiger partial charge in [-0.1, -0.05) is 24.3 Å². The Morgan fingerprint density at radius 1 is 1.07 bits per heavy atom. The van der Waals surface area contributed by atoms with E-state index in [1.165, 1.54) is 19.2 Å². The van der Waals surface area contributed by atoms with E-state index in [-0.39, 0.29) is 22.9 Å². The number of aryl methyl sites for hydroxylation is 2. The van der Waals surface area contributed by atoms with E-state index in [1.807, 2.05) is 13.0 Å². The first-order valence-corrected chi connectivity index (χ1v) is 10.7. The number of pyridine rings is 1. The Kier molecular flexibility index (Phi) is 6.37. The minimum Gasteiger partial charge on any atom is -0.481 e. The van der Waals surface area contributed by atoms with Gasteiger partial charge in [-0.3, -0.25) is 9.52 Å². The van der Waals surface area contributed by atoms with Gasteiger partial charge in [0.25, 0.3) is 15.9 Å². The maximum atomic E-state index is 12.8. The smallest absolute Gasteiger partial charge is 0.261 e. The summed E-state index contributed by atoms with van der Waals surface area (Å²) in [5.41, 5.74) is 3.07. The van der Waals surface area contributed by atoms with E-state index in [4.69, 9.17) is 4.74 Å². The van der Waals surface area contributed by atoms with Crippen molar-refractivity contribution < 1.29 is 17.9 Å². The highest BCUT2D eigenvalue weighted by atomic mass is 32.2. The van der Waals surface area contributed by atoms with Crippen LogP contribution in [0, 0.1) is 13.8 Å². The van der Waals surface area contributed by atoms with Gasteiger partial charge in [-0.2, -0.15) is 0 Å². The average molecular weight is 426 g/mol. The molecule has 0 aliphatic carbocycles. The lowest BCUT2D eigenvalue weighted by Crippen LogP contribution is -2.24. The Balaban J connectivity index is 1.81. The Hall–Kier alpha value is -3.39. The molecule has 0 fully saturated rings. The number of amides is 1. The summed E-state index contributed by atoms with van der Waals surface area (Å²) in [7, 11) is -2.33. The lowest BCUT2D eigenvalue weighted by Gasteiger charge is -2.13. The number of carbonyl (C=O) groups excluding carboxylic acids is 1. The van der Waals surface area contributed by atoms with Crippen LogP contribution in [0.1, 0.15) is 27.0 Å². The highest BCUT2D eigenvalue weighted by molar-refractivity contribution is 7.92. The summed E-state index contributed by atoms with van der Waals surface area (Å²) in [5, 5.41) is 2.79. The molecule has 0 unspecified atom stereocenters. The van der Waals surface area contributed by atoms with Gasteiger partial charge in [-0.05, 0) is 55.3 Å². The monoisotopic (exact) mass is 425 g/mol. The molecule has 1 aromatic heterocycles. The van der Waals surface area contributed by atoms with Crippen LogP contribution in [-0.4, -0.2) is 26.4 Å². The third-order valence-electron chi connectivity index (χ3n) is 4.52. The Morgan fingerprint density at radius 2 is 1.87 bits per heavy atom. The summed E-state index contributed by atoms with van der Waals surface area (Å²) >= 11 is 0. The molecule has 2 N–H and O–H groups in total. The standard InChI is InChI=1S/C22H23N3O4S/c1-15-6-4-8-18(12-15)25-30(27,28)19-10-9-16(2)20(13-19)21(26)24-14-17-7-5-11-23-22(17)29-3/h4-13,25H,14H2,1-3H3,(H,24,26). The molecule has 0 aliphatic rings. The van der Waals surface area contributed by atoms with Crippen LogP contribution >= 0.6 is 0 Å². The molecular formula is C22H23N3O4S. The van der Waals surface area contributed by atoms with Gasteiger partial charge in [0, 0.05) is 29.6 Å². The average Bonchev–Trinajstić information content (AvgIpc) is 2.72. The van der Waals surface area contributed by atoms with Crippen LogP contribution in [0.4, 0.5) is 5.69 Å². The van der Waals surface area contributed by atoms with Crippen molar-refractivity contribution in [2.45, 2.75) is 25.3 Å². The predicted octanol–water partition coefficient (Wildman–Crippen LogP) is 3.44. The second-order valence-electron chi connectivity index (χ2n) is 6.81. The molecule has 0 atom stereocenters. The number of sulfonamides is 1. The molecule has 0 spiro atoms. The number of carbonyl (C=O) groups is 1. The van der Waals surface area contributed by atoms with Gasteiger partial charge < -0.3 is 10.1 Å². The Bertz CT molecular complexity index is 1180. The van der Waals surface area contributed by atoms with E-state index in [0.29, 0.717) is 17.1 Å². The van der Waals surface area contributed by atoms with Crippen molar-refractivity contribution >= 4 is 21.6 Å². The number of nitrogens with one attached hydrogen (secondary N) is 2. The predicted molar refractivity (Wildman–Crippen MR) is 115 cm³/mol. The molecule has 7 nitrogen and oxygen atoms in total. The zero-order valence-electron chi connectivity index (χ0n) is 17.0. The Morgan fingerprint density at radius 3 is 2.60 bits per heavy atom. The molecule has 0 saturated carbocycles. The van der Waals surface area contributed by atoms with Crippen LogP contribution in [0.15, 0.2) is 65.7 Å². The van der Waals surface area contributed by atoms with Crippen molar-refractivity contribution in [2.24, 2.45) is 0 Å². The van der Waals surface area contributed by atoms with Gasteiger partial charge in [-0.15, -0.1) is 0 Å². The summed E-state index contributed by atoms with van der Waals surface area (Å²) < 4.78 is 33.3. The maximum absolute atomic E-state index is 12.8. The fraction of sp³-hybridized carbons (Fsp3) is 0.182. The van der Waals surface area contributed by atoms with Crippen LogP contribution in [0.25, 0.3) is 0 Å². The van der Waals surface area contributed by atoms with Crippen LogP contribution in [-0.2, 0) is 16.6 Å². The van der Waals surface area contributed by atoms with E-state index >= 15 is 0 Å². The largest absolute Gasteiger partial charge is 0.481 e. The quantitative estimate of drug-likeness (QED) is 0.604. The minimum atomic E-state index is -3.84. The molecule has 1 amide bonds. The summed E-state index contributed by atoms with van der Waals surface area (Å²) in [6.07, 6.45) is 1.60. The Labute approximate surface area is 176 Å². The molecule has 0 bridgehead atoms. The minimum absolute atomic E-state index is 0.0127. The second-order valence-corrected chi connectivity index (χ2v) is 8.49. The topological polar surface area (TPSA) is 97.4 Å². The molecule has 8 heteroatoms. The van der Waals surface area contributed by atoms with Gasteiger partial charge in [-0.25, -0.2) is 13.4 Å². The van der Waals surface area contributed by atoms with Crippen LogP contribution in [0.3, 0.4) is 0 Å². The van der Waals surface area contributed by atoms with Crippen molar-refractivity contribution in [3.8, 4) is 5.88 Å². The molecule has 0 radical (unpaired) electrons. The van der Waals surface area contributed by atoms with Crippen molar-refractivity contribution in [3.63, 3.8) is 0 Å². The van der Waals surface area contributed by atoms with E-state index in [2.05, 4.69) is 15.0 Å². The van der Waals surface area contributed by atoms with E-state index < -0.39 is 10.0 Å². The number of hydrogen-bond donors (Lipinski definition) is 2. The molecule has 3 aromatic rings. The van der Waals surface area contributed by atoms with Crippen molar-refractivity contribution in [1.29, 1.82) is 0 Å². The number of anilines is 1. The van der Waals surface area contributed by atoms with Gasteiger partial charge >= 0.3 is 0 Å². The van der Waals surface area contributed by atoms with E-state index in [0.717, 1.165) is 11.1 Å². The van der Waals surface area contributed by atoms with Crippen molar-refractivity contribution in [2.75, 3.05) is 11.8 Å². The normalized spacial score (nSPS) is 11.0. The molecule has 30 heavy (non-hydrogen) atoms. The highest BCUT2D eigenvalue weighted by Gasteiger charge is 2.18. The zero-order valence-corrected chi connectivity index (χ0v) is 17.8. The second kappa shape index (κ2) is 8.96. The number of methoxy groups -OCH3 is 1. The molecular weight excluding hydrogens is 402 g/mol. The number of ether oxygens (including phenoxy) is 1. The van der Waals surface area contributed by atoms with Crippen LogP contribution in [0.5, 0.6) is 5.88 Å². The fourth-order valence-electron chi connectivity index (χ4n) is 2.95. The number of nitrogens with zero attached hydrogens (tertiary/aromatic N) is 1. The van der Waals surface area contributed by atoms with Crippen LogP contribution < -0.4 is 14.8 Å². The third-order valence-corrected chi connectivity index (χ3v) is 5.90. The van der Waals surface area contributed by atoms with Crippen molar-refractivity contribution in [3.05, 3.63) is 83.0 Å². The molecule has 156 valence electrons. The molecule has 0 aliphatic heterocycles. The number of aromatic nitrogens is 1. The first-order chi connectivity index (χ1) is 14.3. The summed E-state index contributed by atoms with van der Waals surface area (Å²) in [5.74, 6) is 0.0409. The van der Waals surface area contributed by atoms with Crippen LogP contribution in [0.2, 0.25) is 0 Å². The number of hydrogen-bond acceptors (Lipinski definition) is 5. The molecule has 0 saturated heterocycles. The number of benzene rings is 2. The third kappa shape index (κ3) is 4.96. The van der Waals surface area contributed by atoms with E-state index in [9.17, 15) is 13.2 Å². The zero-order chi connectivity index (χ0) is 21.7. The highest BCUT2D eigenvalue weighted by Crippen LogP contribution is 2.20. The first-order valence-electron chi connectivity index (χ1n) is 9.26. The summed E-state index contributed by atoms with van der Waals surface area (Å²) in [6, 6.07) is 15.1. The van der Waals surface area contributed by atoms with Gasteiger partial charge in [0.2, 0.25) is 5.88 Å². The first kappa shape index (κ1) is 21.3. The lowest BCUT2D eigenvalue weighted by atomic mass is 10.1. The molecule has 1 heterocycles. The van der Waals surface area contributed by atoms with Gasteiger partial charge in [0.1, 0.15) is 0 Å². The fourth-order valence-corrected chi connectivity index (χ4v) is 4.02. The molecule has 2 aromatic carbocycles. The SMILES string of the molecule is COc1ncccc1CNC(=O)c1cc(S(=O)(=O)Nc2cccc(C)c2)ccc1C. The van der Waals surface area contributed by atoms with Crippen molar-refractivity contribution in [1.82, 2.24) is 10.3 Å². The van der Waals surface area contributed by atoms with Gasteiger partial charge in [0.05, 0.1) is 12.0 Å².